The average molecular weight is 538 g/mol. The molecule has 3 aromatic carbocycles. The maximum Gasteiger partial charge on any atom is 0.247 e. The second-order valence-corrected chi connectivity index (χ2v) is 11.8. The molecule has 0 fully saturated rings. The molecule has 7 nitrogen and oxygen atoms in total. The lowest BCUT2D eigenvalue weighted by atomic mass is 10.0. The predicted molar refractivity (Wildman–Crippen MR) is 143 cm³/mol. The van der Waals surface area contributed by atoms with Crippen molar-refractivity contribution >= 4 is 10.0 Å². The Kier molecular flexibility index (Phi) is 8.48. The first kappa shape index (κ1) is 27.7. The number of aliphatic hydroxyl groups is 1. The molecule has 1 aliphatic heterocycles. The standard InChI is InChI=1S/C29H32FN3O4S/c1-20-16-33(21(2)19-34)38(35,36)29-11-10-25(24-8-4-6-22(12-24)15-31)14-27(29)37-28(20)18-32(3)17-23-7-5-9-26(30)13-23/h4-14,20-21,28,34H,16-19H2,1-3H3/t20-,21-,28-/m0/s1. The van der Waals surface area contributed by atoms with Gasteiger partial charge in [-0.1, -0.05) is 37.3 Å². The third kappa shape index (κ3) is 6.05. The summed E-state index contributed by atoms with van der Waals surface area (Å²) in [5.41, 5.74) is 2.81. The molecule has 0 aliphatic carbocycles. The third-order valence-electron chi connectivity index (χ3n) is 6.83. The second kappa shape index (κ2) is 11.6. The number of ether oxygens (including phenoxy) is 1. The van der Waals surface area contributed by atoms with Crippen LogP contribution in [0.25, 0.3) is 11.1 Å². The molecule has 1 N–H and O–H groups in total. The molecule has 9 heteroatoms. The fourth-order valence-corrected chi connectivity index (χ4v) is 6.54. The number of rotatable bonds is 7. The van der Waals surface area contributed by atoms with Gasteiger partial charge in [-0.25, -0.2) is 12.8 Å². The Balaban J connectivity index is 1.73. The van der Waals surface area contributed by atoms with Gasteiger partial charge in [-0.05, 0) is 67.1 Å². The minimum absolute atomic E-state index is 0.0303. The molecule has 0 amide bonds. The highest BCUT2D eigenvalue weighted by Gasteiger charge is 2.38. The SMILES string of the molecule is C[C@H]1CN([C@@H](C)CO)S(=O)(=O)c2ccc(-c3cccc(C#N)c3)cc2O[C@H]1CN(C)Cc1cccc(F)c1. The molecule has 0 aromatic heterocycles. The molecule has 0 radical (unpaired) electrons. The lowest BCUT2D eigenvalue weighted by molar-refractivity contribution is 0.0734. The molecule has 3 aromatic rings. The lowest BCUT2D eigenvalue weighted by Crippen LogP contribution is -2.49. The fraction of sp³-hybridized carbons (Fsp3) is 0.345. The van der Waals surface area contributed by atoms with Gasteiger partial charge in [0.2, 0.25) is 10.0 Å². The van der Waals surface area contributed by atoms with Crippen molar-refractivity contribution in [2.24, 2.45) is 5.92 Å². The number of hydrogen-bond acceptors (Lipinski definition) is 6. The van der Waals surface area contributed by atoms with E-state index in [4.69, 9.17) is 4.74 Å². The third-order valence-corrected chi connectivity index (χ3v) is 8.84. The van der Waals surface area contributed by atoms with Crippen LogP contribution in [0.4, 0.5) is 4.39 Å². The summed E-state index contributed by atoms with van der Waals surface area (Å²) in [6.45, 7) is 4.43. The van der Waals surface area contributed by atoms with Gasteiger partial charge in [-0.15, -0.1) is 0 Å². The topological polar surface area (TPSA) is 93.9 Å². The first-order valence-electron chi connectivity index (χ1n) is 12.5. The van der Waals surface area contributed by atoms with E-state index in [-0.39, 0.29) is 35.5 Å². The molecule has 1 heterocycles. The zero-order valence-electron chi connectivity index (χ0n) is 21.7. The fourth-order valence-electron chi connectivity index (χ4n) is 4.71. The van der Waals surface area contributed by atoms with Gasteiger partial charge in [-0.2, -0.15) is 9.57 Å². The van der Waals surface area contributed by atoms with Gasteiger partial charge in [-0.3, -0.25) is 4.90 Å². The van der Waals surface area contributed by atoms with Crippen molar-refractivity contribution in [3.63, 3.8) is 0 Å². The molecule has 1 aliphatic rings. The molecule has 0 bridgehead atoms. The van der Waals surface area contributed by atoms with E-state index < -0.39 is 22.2 Å². The highest BCUT2D eigenvalue weighted by Crippen LogP contribution is 2.36. The molecule has 0 saturated heterocycles. The van der Waals surface area contributed by atoms with Crippen LogP contribution in [-0.4, -0.2) is 61.6 Å². The average Bonchev–Trinajstić information content (AvgIpc) is 2.90. The largest absolute Gasteiger partial charge is 0.487 e. The number of likely N-dealkylation sites (N-methyl/N-ethyl adjacent to an activating group) is 1. The number of aliphatic hydroxyl groups excluding tert-OH is 1. The number of nitrogens with zero attached hydrogens (tertiary/aromatic N) is 3. The molecule has 0 unspecified atom stereocenters. The highest BCUT2D eigenvalue weighted by molar-refractivity contribution is 7.89. The molecule has 200 valence electrons. The van der Waals surface area contributed by atoms with Gasteiger partial charge >= 0.3 is 0 Å². The number of halogens is 1. The molecule has 38 heavy (non-hydrogen) atoms. The van der Waals surface area contributed by atoms with Crippen molar-refractivity contribution in [3.8, 4) is 22.9 Å². The van der Waals surface area contributed by atoms with Crippen LogP contribution in [0.5, 0.6) is 5.75 Å². The first-order valence-corrected chi connectivity index (χ1v) is 13.9. The zero-order chi connectivity index (χ0) is 27.4. The summed E-state index contributed by atoms with van der Waals surface area (Å²) in [5, 5.41) is 19.2. The van der Waals surface area contributed by atoms with Crippen LogP contribution >= 0.6 is 0 Å². The Morgan fingerprint density at radius 3 is 2.61 bits per heavy atom. The number of hydrogen-bond donors (Lipinski definition) is 1. The Morgan fingerprint density at radius 2 is 1.89 bits per heavy atom. The van der Waals surface area contributed by atoms with Crippen LogP contribution in [0.3, 0.4) is 0 Å². The zero-order valence-corrected chi connectivity index (χ0v) is 22.5. The Hall–Kier alpha value is -3.29. The van der Waals surface area contributed by atoms with Gasteiger partial charge < -0.3 is 9.84 Å². The van der Waals surface area contributed by atoms with Crippen LogP contribution in [-0.2, 0) is 16.6 Å². The molecule has 0 saturated carbocycles. The molecule has 0 spiro atoms. The van der Waals surface area contributed by atoms with Crippen molar-refractivity contribution < 1.29 is 22.7 Å². The van der Waals surface area contributed by atoms with Crippen molar-refractivity contribution in [3.05, 3.63) is 83.7 Å². The van der Waals surface area contributed by atoms with Crippen molar-refractivity contribution in [1.82, 2.24) is 9.21 Å². The van der Waals surface area contributed by atoms with E-state index >= 15 is 0 Å². The summed E-state index contributed by atoms with van der Waals surface area (Å²) in [5.74, 6) is -0.296. The van der Waals surface area contributed by atoms with Gasteiger partial charge in [0, 0.05) is 31.6 Å². The van der Waals surface area contributed by atoms with Gasteiger partial charge in [0.05, 0.1) is 18.2 Å². The van der Waals surface area contributed by atoms with Crippen LogP contribution in [0, 0.1) is 23.1 Å². The van der Waals surface area contributed by atoms with Crippen LogP contribution < -0.4 is 4.74 Å². The van der Waals surface area contributed by atoms with Crippen molar-refractivity contribution in [2.75, 3.05) is 26.7 Å². The van der Waals surface area contributed by atoms with Crippen LogP contribution in [0.2, 0.25) is 0 Å². The molecular weight excluding hydrogens is 505 g/mol. The lowest BCUT2D eigenvalue weighted by Gasteiger charge is -2.37. The van der Waals surface area contributed by atoms with Gasteiger partial charge in [0.15, 0.2) is 0 Å². The minimum Gasteiger partial charge on any atom is -0.487 e. The van der Waals surface area contributed by atoms with E-state index in [9.17, 15) is 23.2 Å². The normalized spacial score (nSPS) is 20.0. The number of nitriles is 1. The maximum absolute atomic E-state index is 13.7. The Labute approximate surface area is 223 Å². The number of benzene rings is 3. The van der Waals surface area contributed by atoms with E-state index in [2.05, 4.69) is 6.07 Å². The van der Waals surface area contributed by atoms with E-state index in [1.54, 1.807) is 43.3 Å². The minimum atomic E-state index is -3.96. The van der Waals surface area contributed by atoms with E-state index in [0.29, 0.717) is 18.7 Å². The summed E-state index contributed by atoms with van der Waals surface area (Å²) >= 11 is 0. The van der Waals surface area contributed by atoms with Crippen molar-refractivity contribution in [1.29, 1.82) is 5.26 Å². The van der Waals surface area contributed by atoms with Crippen molar-refractivity contribution in [2.45, 2.75) is 37.4 Å². The first-order chi connectivity index (χ1) is 18.1. The van der Waals surface area contributed by atoms with Gasteiger partial charge in [0.25, 0.3) is 0 Å². The maximum atomic E-state index is 13.7. The second-order valence-electron chi connectivity index (χ2n) is 9.92. The monoisotopic (exact) mass is 537 g/mol. The molecule has 3 atom stereocenters. The summed E-state index contributed by atoms with van der Waals surface area (Å²) in [7, 11) is -2.05. The summed E-state index contributed by atoms with van der Waals surface area (Å²) in [6, 6.07) is 19.9. The Bertz CT molecular complexity index is 1440. The molecular formula is C29H32FN3O4S. The van der Waals surface area contributed by atoms with Crippen LogP contribution in [0.15, 0.2) is 71.6 Å². The number of sulfonamides is 1. The summed E-state index contributed by atoms with van der Waals surface area (Å²) in [6.07, 6.45) is -0.392. The number of fused-ring (bicyclic) bond motifs is 1. The smallest absolute Gasteiger partial charge is 0.247 e. The van der Waals surface area contributed by atoms with E-state index in [1.165, 1.54) is 22.5 Å². The molecule has 4 rings (SSSR count). The van der Waals surface area contributed by atoms with E-state index in [1.807, 2.05) is 31.0 Å². The van der Waals surface area contributed by atoms with E-state index in [0.717, 1.165) is 16.7 Å². The van der Waals surface area contributed by atoms with Gasteiger partial charge in [0.1, 0.15) is 22.6 Å². The highest BCUT2D eigenvalue weighted by atomic mass is 32.2. The van der Waals surface area contributed by atoms with Crippen LogP contribution in [0.1, 0.15) is 25.0 Å². The predicted octanol–water partition coefficient (Wildman–Crippen LogP) is 4.26. The Morgan fingerprint density at radius 1 is 1.16 bits per heavy atom. The summed E-state index contributed by atoms with van der Waals surface area (Å²) < 4.78 is 48.9. The summed E-state index contributed by atoms with van der Waals surface area (Å²) in [4.78, 5) is 2.05. The quantitative estimate of drug-likeness (QED) is 0.484.